The van der Waals surface area contributed by atoms with Crippen molar-refractivity contribution in [3.05, 3.63) is 23.9 Å². The van der Waals surface area contributed by atoms with E-state index in [1.165, 1.54) is 56.7 Å². The van der Waals surface area contributed by atoms with Gasteiger partial charge in [-0.2, -0.15) is 0 Å². The molecule has 4 heteroatoms. The highest BCUT2D eigenvalue weighted by Crippen LogP contribution is 2.25. The van der Waals surface area contributed by atoms with Crippen LogP contribution in [-0.4, -0.2) is 56.2 Å². The molecular weight excluding hydrogens is 262 g/mol. The zero-order chi connectivity index (χ0) is 14.9. The molecule has 1 aliphatic carbocycles. The monoisotopic (exact) mass is 293 g/mol. The number of allylic oxidation sites excluding steroid dienone is 3. The standard InChI is InChI=1S/C17H31N3O/c1-3-7-16-8-4-5-9-17(16)18-21-15-6-10-20-13-11-19(2)12-14-20/h3,18H,1,4-15H2,2H3. The van der Waals surface area contributed by atoms with E-state index in [-0.39, 0.29) is 0 Å². The van der Waals surface area contributed by atoms with Crippen molar-refractivity contribution in [1.82, 2.24) is 15.3 Å². The summed E-state index contributed by atoms with van der Waals surface area (Å²) >= 11 is 0. The molecule has 0 unspecified atom stereocenters. The summed E-state index contributed by atoms with van der Waals surface area (Å²) in [5, 5.41) is 0. The second-order valence-electron chi connectivity index (χ2n) is 6.23. The van der Waals surface area contributed by atoms with Crippen LogP contribution in [0.25, 0.3) is 0 Å². The molecule has 1 heterocycles. The Kier molecular flexibility index (Phi) is 7.27. The van der Waals surface area contributed by atoms with E-state index in [1.807, 2.05) is 6.08 Å². The van der Waals surface area contributed by atoms with Gasteiger partial charge in [-0.1, -0.05) is 6.08 Å². The van der Waals surface area contributed by atoms with Gasteiger partial charge in [0.25, 0.3) is 0 Å². The Bertz CT molecular complexity index is 346. The molecule has 0 aromatic heterocycles. The Morgan fingerprint density at radius 3 is 2.71 bits per heavy atom. The minimum atomic E-state index is 0.789. The second-order valence-corrected chi connectivity index (χ2v) is 6.23. The molecule has 2 rings (SSSR count). The molecule has 0 saturated carbocycles. The van der Waals surface area contributed by atoms with E-state index in [0.29, 0.717) is 0 Å². The van der Waals surface area contributed by atoms with Gasteiger partial charge in [0.1, 0.15) is 0 Å². The summed E-state index contributed by atoms with van der Waals surface area (Å²) in [5.74, 6) is 0. The van der Waals surface area contributed by atoms with Gasteiger partial charge >= 0.3 is 0 Å². The average molecular weight is 293 g/mol. The van der Waals surface area contributed by atoms with Gasteiger partial charge in [0, 0.05) is 38.4 Å². The molecule has 0 aromatic carbocycles. The van der Waals surface area contributed by atoms with Gasteiger partial charge < -0.3 is 9.80 Å². The molecule has 0 atom stereocenters. The molecule has 4 nitrogen and oxygen atoms in total. The van der Waals surface area contributed by atoms with Gasteiger partial charge in [0.2, 0.25) is 0 Å². The number of hydrogen-bond acceptors (Lipinski definition) is 4. The third-order valence-electron chi connectivity index (χ3n) is 4.48. The Morgan fingerprint density at radius 1 is 1.19 bits per heavy atom. The van der Waals surface area contributed by atoms with Crippen LogP contribution in [0.15, 0.2) is 23.9 Å². The molecule has 0 bridgehead atoms. The first-order valence-electron chi connectivity index (χ1n) is 8.40. The molecule has 120 valence electrons. The third-order valence-corrected chi connectivity index (χ3v) is 4.48. The molecule has 21 heavy (non-hydrogen) atoms. The van der Waals surface area contributed by atoms with Crippen molar-refractivity contribution in [2.45, 2.75) is 38.5 Å². The van der Waals surface area contributed by atoms with Crippen LogP contribution in [0.3, 0.4) is 0 Å². The van der Waals surface area contributed by atoms with E-state index in [9.17, 15) is 0 Å². The minimum absolute atomic E-state index is 0.789. The molecule has 0 spiro atoms. The summed E-state index contributed by atoms with van der Waals surface area (Å²) in [6.07, 6.45) is 8.98. The molecular formula is C17H31N3O. The topological polar surface area (TPSA) is 27.7 Å². The predicted octanol–water partition coefficient (Wildman–Crippen LogP) is 2.55. The van der Waals surface area contributed by atoms with Crippen LogP contribution in [0.1, 0.15) is 38.5 Å². The average Bonchev–Trinajstić information content (AvgIpc) is 2.51. The van der Waals surface area contributed by atoms with Crippen LogP contribution in [0, 0.1) is 0 Å². The molecule has 0 aromatic rings. The lowest BCUT2D eigenvalue weighted by atomic mass is 9.94. The van der Waals surface area contributed by atoms with Gasteiger partial charge in [-0.3, -0.25) is 10.3 Å². The second kappa shape index (κ2) is 9.23. The van der Waals surface area contributed by atoms with Crippen LogP contribution in [0.2, 0.25) is 0 Å². The van der Waals surface area contributed by atoms with E-state index >= 15 is 0 Å². The molecule has 1 aliphatic heterocycles. The van der Waals surface area contributed by atoms with Gasteiger partial charge in [-0.15, -0.1) is 6.58 Å². The lowest BCUT2D eigenvalue weighted by molar-refractivity contribution is 0.0476. The fourth-order valence-electron chi connectivity index (χ4n) is 3.06. The fourth-order valence-corrected chi connectivity index (χ4v) is 3.06. The molecule has 0 radical (unpaired) electrons. The highest BCUT2D eigenvalue weighted by atomic mass is 16.6. The first-order valence-corrected chi connectivity index (χ1v) is 8.40. The van der Waals surface area contributed by atoms with E-state index in [2.05, 4.69) is 28.9 Å². The molecule has 1 fully saturated rings. The molecule has 1 N–H and O–H groups in total. The van der Waals surface area contributed by atoms with Gasteiger partial charge in [-0.05, 0) is 51.1 Å². The maximum atomic E-state index is 5.68. The molecule has 1 saturated heterocycles. The predicted molar refractivity (Wildman–Crippen MR) is 87.9 cm³/mol. The van der Waals surface area contributed by atoms with E-state index in [1.54, 1.807) is 0 Å². The number of hydrogen-bond donors (Lipinski definition) is 1. The Balaban J connectivity index is 1.59. The van der Waals surface area contributed by atoms with Crippen molar-refractivity contribution in [2.24, 2.45) is 0 Å². The largest absolute Gasteiger partial charge is 0.304 e. The normalized spacial score (nSPS) is 21.6. The lowest BCUT2D eigenvalue weighted by Crippen LogP contribution is -2.44. The van der Waals surface area contributed by atoms with E-state index in [0.717, 1.165) is 32.4 Å². The third kappa shape index (κ3) is 5.81. The quantitative estimate of drug-likeness (QED) is 0.423. The fraction of sp³-hybridized carbons (Fsp3) is 0.765. The van der Waals surface area contributed by atoms with Crippen LogP contribution in [0.4, 0.5) is 0 Å². The van der Waals surface area contributed by atoms with Crippen molar-refractivity contribution in [3.63, 3.8) is 0 Å². The number of hydroxylamine groups is 1. The summed E-state index contributed by atoms with van der Waals surface area (Å²) in [6.45, 7) is 10.5. The highest BCUT2D eigenvalue weighted by molar-refractivity contribution is 5.16. The van der Waals surface area contributed by atoms with Gasteiger partial charge in [0.05, 0.1) is 6.61 Å². The van der Waals surface area contributed by atoms with Crippen molar-refractivity contribution >= 4 is 0 Å². The van der Waals surface area contributed by atoms with Crippen LogP contribution in [-0.2, 0) is 4.84 Å². The number of nitrogens with one attached hydrogen (secondary N) is 1. The first-order chi connectivity index (χ1) is 10.3. The Labute approximate surface area is 129 Å². The summed E-state index contributed by atoms with van der Waals surface area (Å²) < 4.78 is 0. The summed E-state index contributed by atoms with van der Waals surface area (Å²) in [6, 6.07) is 0. The maximum absolute atomic E-state index is 5.68. The summed E-state index contributed by atoms with van der Waals surface area (Å²) in [5.41, 5.74) is 5.99. The summed E-state index contributed by atoms with van der Waals surface area (Å²) in [7, 11) is 2.20. The number of likely N-dealkylation sites (N-methyl/N-ethyl adjacent to an activating group) is 1. The molecule has 2 aliphatic rings. The van der Waals surface area contributed by atoms with Crippen molar-refractivity contribution in [2.75, 3.05) is 46.4 Å². The van der Waals surface area contributed by atoms with Crippen molar-refractivity contribution in [3.8, 4) is 0 Å². The zero-order valence-electron chi connectivity index (χ0n) is 13.6. The van der Waals surface area contributed by atoms with Crippen LogP contribution in [0.5, 0.6) is 0 Å². The highest BCUT2D eigenvalue weighted by Gasteiger charge is 2.13. The number of rotatable bonds is 8. The van der Waals surface area contributed by atoms with E-state index in [4.69, 9.17) is 4.84 Å². The van der Waals surface area contributed by atoms with Crippen molar-refractivity contribution < 1.29 is 4.84 Å². The first kappa shape index (κ1) is 16.5. The van der Waals surface area contributed by atoms with Gasteiger partial charge in [0.15, 0.2) is 0 Å². The Morgan fingerprint density at radius 2 is 1.95 bits per heavy atom. The maximum Gasteiger partial charge on any atom is 0.0758 e. The smallest absolute Gasteiger partial charge is 0.0758 e. The van der Waals surface area contributed by atoms with E-state index < -0.39 is 0 Å². The van der Waals surface area contributed by atoms with Crippen LogP contribution < -0.4 is 5.48 Å². The zero-order valence-corrected chi connectivity index (χ0v) is 13.6. The molecule has 0 amide bonds. The number of nitrogens with zero attached hydrogens (tertiary/aromatic N) is 2. The Hall–Kier alpha value is -0.840. The van der Waals surface area contributed by atoms with Crippen molar-refractivity contribution in [1.29, 1.82) is 0 Å². The van der Waals surface area contributed by atoms with Crippen LogP contribution >= 0.6 is 0 Å². The van der Waals surface area contributed by atoms with Gasteiger partial charge in [-0.25, -0.2) is 0 Å². The SMILES string of the molecule is C=CCC1=C(NOCCCN2CCN(C)CC2)CCCC1. The summed E-state index contributed by atoms with van der Waals surface area (Å²) in [4.78, 5) is 10.6. The minimum Gasteiger partial charge on any atom is -0.304 e. The lowest BCUT2D eigenvalue weighted by Gasteiger charge is -2.32. The number of piperazine rings is 1.